The Morgan fingerprint density at radius 1 is 0.781 bits per heavy atom. The van der Waals surface area contributed by atoms with Crippen LogP contribution in [-0.2, 0) is 48.9 Å². The fourth-order valence-corrected chi connectivity index (χ4v) is 9.83. The Morgan fingerprint density at radius 3 is 2.30 bits per heavy atom. The number of aromatic hydroxyl groups is 1. The molecule has 5 heterocycles. The van der Waals surface area contributed by atoms with Crippen molar-refractivity contribution in [1.29, 1.82) is 0 Å². The van der Waals surface area contributed by atoms with E-state index in [1.807, 2.05) is 59.8 Å². The molecule has 9 rings (SSSR count). The fourth-order valence-electron chi connectivity index (χ4n) is 9.83. The summed E-state index contributed by atoms with van der Waals surface area (Å²) < 4.78 is 13.5. The van der Waals surface area contributed by atoms with Crippen LogP contribution in [0.1, 0.15) is 73.5 Å². The van der Waals surface area contributed by atoms with Gasteiger partial charge in [-0.15, -0.1) is 0 Å². The highest BCUT2D eigenvalue weighted by Crippen LogP contribution is 2.36. The van der Waals surface area contributed by atoms with Crippen LogP contribution in [0.3, 0.4) is 0 Å². The van der Waals surface area contributed by atoms with Gasteiger partial charge in [-0.1, -0.05) is 42.8 Å². The summed E-state index contributed by atoms with van der Waals surface area (Å²) in [4.78, 5) is 52.1. The average Bonchev–Trinajstić information content (AvgIpc) is 3.62. The molecule has 0 spiro atoms. The predicted octanol–water partition coefficient (Wildman–Crippen LogP) is 6.85. The Hall–Kier alpha value is -5.95. The van der Waals surface area contributed by atoms with Gasteiger partial charge in [0.05, 0.1) is 25.2 Å². The standard InChI is InChI=1S/C52H60N6O6/c1-36-46(51(61)53-42-12-14-44(59)15-13-42)32-49(54(36)2)47-30-39-18-21-57(50(60)28-37-10-16-45(17-11-37)64-27-24-55-22-25-63-26-23-55)33-41(39)31-48(47)52(62)58-34-40-9-5-4-8-38(40)29-43(58)35-56-19-6-3-7-20-56/h4-5,8-17,30-32,43,59H,3,6-7,18-29,33-35H2,1-2H3,(H,53,61)/t43-/m0/s1. The maximum absolute atomic E-state index is 15.5. The Morgan fingerprint density at radius 2 is 1.53 bits per heavy atom. The maximum Gasteiger partial charge on any atom is 0.257 e. The first-order chi connectivity index (χ1) is 31.2. The number of aromatic nitrogens is 1. The molecule has 1 atom stereocenters. The number of carbonyl (C=O) groups excluding carboxylic acids is 3. The summed E-state index contributed by atoms with van der Waals surface area (Å²) in [6.07, 6.45) is 5.29. The Kier molecular flexibility index (Phi) is 13.1. The number of nitrogens with one attached hydrogen (secondary N) is 1. The molecule has 12 heteroatoms. The number of carbonyl (C=O) groups is 3. The number of hydrogen-bond donors (Lipinski definition) is 2. The van der Waals surface area contributed by atoms with Gasteiger partial charge in [-0.3, -0.25) is 19.3 Å². The van der Waals surface area contributed by atoms with Crippen LogP contribution in [0.2, 0.25) is 0 Å². The van der Waals surface area contributed by atoms with Gasteiger partial charge in [-0.25, -0.2) is 0 Å². The SMILES string of the molecule is Cc1c(C(=O)Nc2ccc(O)cc2)cc(-c2cc3c(cc2C(=O)N2Cc4ccccc4C[C@H]2CN2CCCCC2)CN(C(=O)Cc2ccc(OCCN4CCOCC4)cc2)CC3)n1C. The molecule has 4 aliphatic heterocycles. The molecular weight excluding hydrogens is 805 g/mol. The number of fused-ring (bicyclic) bond motifs is 2. The number of anilines is 1. The first kappa shape index (κ1) is 43.3. The van der Waals surface area contributed by atoms with Crippen molar-refractivity contribution in [2.75, 3.05) is 71.0 Å². The minimum atomic E-state index is -0.273. The molecule has 334 valence electrons. The summed E-state index contributed by atoms with van der Waals surface area (Å²) in [6, 6.07) is 28.8. The van der Waals surface area contributed by atoms with Gasteiger partial charge < -0.3 is 39.2 Å². The van der Waals surface area contributed by atoms with Crippen LogP contribution in [-0.4, -0.2) is 119 Å². The lowest BCUT2D eigenvalue weighted by atomic mass is 9.89. The number of piperidine rings is 1. The number of likely N-dealkylation sites (tertiary alicyclic amines) is 1. The first-order valence-electron chi connectivity index (χ1n) is 23.0. The lowest BCUT2D eigenvalue weighted by Crippen LogP contribution is -2.51. The number of nitrogens with zero attached hydrogens (tertiary/aromatic N) is 5. The van der Waals surface area contributed by atoms with Crippen molar-refractivity contribution in [3.8, 4) is 22.8 Å². The van der Waals surface area contributed by atoms with Crippen LogP contribution in [0.4, 0.5) is 5.69 Å². The van der Waals surface area contributed by atoms with Gasteiger partial charge in [-0.2, -0.15) is 0 Å². The maximum atomic E-state index is 15.5. The molecule has 5 aromatic rings. The quantitative estimate of drug-likeness (QED) is 0.131. The zero-order valence-electron chi connectivity index (χ0n) is 37.2. The second-order valence-corrected chi connectivity index (χ2v) is 17.9. The lowest BCUT2D eigenvalue weighted by molar-refractivity contribution is -0.131. The van der Waals surface area contributed by atoms with Gasteiger partial charge in [0.25, 0.3) is 11.8 Å². The molecule has 1 aromatic heterocycles. The summed E-state index contributed by atoms with van der Waals surface area (Å²) in [5, 5.41) is 12.8. The smallest absolute Gasteiger partial charge is 0.257 e. The van der Waals surface area contributed by atoms with Crippen molar-refractivity contribution in [1.82, 2.24) is 24.2 Å². The number of benzene rings is 4. The van der Waals surface area contributed by atoms with E-state index in [1.165, 1.54) is 37.0 Å². The number of amides is 3. The third-order valence-electron chi connectivity index (χ3n) is 13.7. The highest BCUT2D eigenvalue weighted by atomic mass is 16.5. The zero-order chi connectivity index (χ0) is 44.2. The summed E-state index contributed by atoms with van der Waals surface area (Å²) in [6.45, 7) is 11.1. The molecule has 0 unspecified atom stereocenters. The number of ether oxygens (including phenoxy) is 2. The molecule has 0 aliphatic carbocycles. The number of hydrogen-bond acceptors (Lipinski definition) is 8. The van der Waals surface area contributed by atoms with Gasteiger partial charge in [0.15, 0.2) is 0 Å². The van der Waals surface area contributed by atoms with Crippen LogP contribution in [0.5, 0.6) is 11.5 Å². The molecule has 4 aromatic carbocycles. The van der Waals surface area contributed by atoms with Gasteiger partial charge in [-0.05, 0) is 128 Å². The molecule has 2 N–H and O–H groups in total. The van der Waals surface area contributed by atoms with E-state index in [-0.39, 0.29) is 35.9 Å². The molecule has 64 heavy (non-hydrogen) atoms. The highest BCUT2D eigenvalue weighted by molar-refractivity contribution is 6.07. The monoisotopic (exact) mass is 864 g/mol. The number of morpholine rings is 1. The fraction of sp³-hybridized carbons (Fsp3) is 0.404. The first-order valence-corrected chi connectivity index (χ1v) is 23.0. The van der Waals surface area contributed by atoms with Crippen LogP contribution in [0.15, 0.2) is 91.0 Å². The number of phenols is 1. The van der Waals surface area contributed by atoms with Crippen molar-refractivity contribution >= 4 is 23.4 Å². The molecular formula is C52H60N6O6. The van der Waals surface area contributed by atoms with Gasteiger partial charge in [0.1, 0.15) is 18.1 Å². The molecule has 2 saturated heterocycles. The van der Waals surface area contributed by atoms with Crippen molar-refractivity contribution in [3.63, 3.8) is 0 Å². The minimum Gasteiger partial charge on any atom is -0.508 e. The van der Waals surface area contributed by atoms with Crippen LogP contribution < -0.4 is 10.1 Å². The number of phenolic OH excluding ortho intramolecular Hbond substituents is 1. The third kappa shape index (κ3) is 9.74. The molecule has 12 nitrogen and oxygen atoms in total. The van der Waals surface area contributed by atoms with E-state index in [9.17, 15) is 14.7 Å². The molecule has 0 saturated carbocycles. The van der Waals surface area contributed by atoms with Crippen molar-refractivity contribution in [2.24, 2.45) is 7.05 Å². The Bertz CT molecular complexity index is 2470. The van der Waals surface area contributed by atoms with E-state index in [4.69, 9.17) is 9.47 Å². The van der Waals surface area contributed by atoms with E-state index in [0.717, 1.165) is 104 Å². The molecule has 0 bridgehead atoms. The summed E-state index contributed by atoms with van der Waals surface area (Å²) >= 11 is 0. The normalized spacial score (nSPS) is 18.0. The second kappa shape index (κ2) is 19.4. The molecule has 3 amide bonds. The van der Waals surface area contributed by atoms with Crippen molar-refractivity contribution in [3.05, 3.63) is 136 Å². The number of rotatable bonds is 12. The minimum absolute atomic E-state index is 0.00851. The van der Waals surface area contributed by atoms with Gasteiger partial charge in [0, 0.05) is 87.1 Å². The average molecular weight is 865 g/mol. The van der Waals surface area contributed by atoms with Gasteiger partial charge >= 0.3 is 0 Å². The van der Waals surface area contributed by atoms with Crippen LogP contribution in [0.25, 0.3) is 11.3 Å². The zero-order valence-corrected chi connectivity index (χ0v) is 37.2. The van der Waals surface area contributed by atoms with Crippen LogP contribution in [0, 0.1) is 6.92 Å². The van der Waals surface area contributed by atoms with Crippen LogP contribution >= 0.6 is 0 Å². The highest BCUT2D eigenvalue weighted by Gasteiger charge is 2.35. The lowest BCUT2D eigenvalue weighted by Gasteiger charge is -2.41. The molecule has 4 aliphatic rings. The van der Waals surface area contributed by atoms with E-state index in [0.29, 0.717) is 49.5 Å². The Labute approximate surface area is 376 Å². The Balaban J connectivity index is 0.995. The van der Waals surface area contributed by atoms with E-state index in [1.54, 1.807) is 12.1 Å². The topological polar surface area (TPSA) is 120 Å². The van der Waals surface area contributed by atoms with Crippen molar-refractivity contribution in [2.45, 2.75) is 64.6 Å². The molecule has 0 radical (unpaired) electrons. The van der Waals surface area contributed by atoms with E-state index < -0.39 is 0 Å². The largest absolute Gasteiger partial charge is 0.508 e. The van der Waals surface area contributed by atoms with Crippen molar-refractivity contribution < 1.29 is 29.0 Å². The second-order valence-electron chi connectivity index (χ2n) is 17.9. The summed E-state index contributed by atoms with van der Waals surface area (Å²) in [7, 11) is 1.94. The van der Waals surface area contributed by atoms with Gasteiger partial charge in [0.2, 0.25) is 5.91 Å². The van der Waals surface area contributed by atoms with E-state index in [2.05, 4.69) is 50.3 Å². The van der Waals surface area contributed by atoms with E-state index >= 15 is 4.79 Å². The summed E-state index contributed by atoms with van der Waals surface area (Å²) in [5.41, 5.74) is 9.42. The molecule has 2 fully saturated rings. The predicted molar refractivity (Wildman–Crippen MR) is 248 cm³/mol. The third-order valence-corrected chi connectivity index (χ3v) is 13.7. The summed E-state index contributed by atoms with van der Waals surface area (Å²) in [5.74, 6) is 0.637.